The van der Waals surface area contributed by atoms with Crippen LogP contribution in [0.15, 0.2) is 77.4 Å². The molecule has 2 N–H and O–H groups in total. The molecule has 0 aliphatic carbocycles. The number of carbonyl (C=O) groups is 1. The number of nitrogens with zero attached hydrogens (tertiary/aromatic N) is 1. The van der Waals surface area contributed by atoms with Gasteiger partial charge in [-0.1, -0.05) is 57.3 Å². The van der Waals surface area contributed by atoms with Crippen LogP contribution in [0.5, 0.6) is 11.5 Å². The van der Waals surface area contributed by atoms with Crippen LogP contribution in [0.2, 0.25) is 10.0 Å². The molecule has 1 heterocycles. The summed E-state index contributed by atoms with van der Waals surface area (Å²) in [5, 5.41) is 9.43. The minimum Gasteiger partial charge on any atom is -0.496 e. The van der Waals surface area contributed by atoms with E-state index in [1.807, 2.05) is 42.5 Å². The van der Waals surface area contributed by atoms with Gasteiger partial charge in [0.2, 0.25) is 0 Å². The van der Waals surface area contributed by atoms with E-state index in [-0.39, 0.29) is 6.61 Å². The third-order valence-electron chi connectivity index (χ3n) is 4.53. The molecular formula is C26H21BrCl2N2O4. The fourth-order valence-corrected chi connectivity index (χ4v) is 3.82. The molecule has 0 amide bonds. The number of methoxy groups -OCH3 is 1. The Labute approximate surface area is 221 Å². The number of halogens is 3. The van der Waals surface area contributed by atoms with Crippen LogP contribution in [-0.2, 0) is 4.79 Å². The van der Waals surface area contributed by atoms with E-state index < -0.39 is 5.97 Å². The first-order valence-corrected chi connectivity index (χ1v) is 11.8. The summed E-state index contributed by atoms with van der Waals surface area (Å²) in [6.07, 6.45) is 5.57. The molecule has 0 spiro atoms. The van der Waals surface area contributed by atoms with Gasteiger partial charge in [-0.15, -0.1) is 0 Å². The lowest BCUT2D eigenvalue weighted by Gasteiger charge is -2.04. The molecular weight excluding hydrogens is 555 g/mol. The van der Waals surface area contributed by atoms with E-state index in [1.54, 1.807) is 49.7 Å². The van der Waals surface area contributed by atoms with Crippen molar-refractivity contribution in [1.82, 2.24) is 9.97 Å². The Morgan fingerprint density at radius 3 is 2.54 bits per heavy atom. The minimum atomic E-state index is -0.964. The second-order valence-electron chi connectivity index (χ2n) is 7.02. The zero-order valence-corrected chi connectivity index (χ0v) is 21.6. The Kier molecular flexibility index (Phi) is 9.78. The molecule has 35 heavy (non-hydrogen) atoms. The molecule has 0 unspecified atom stereocenters. The van der Waals surface area contributed by atoms with Crippen molar-refractivity contribution in [2.75, 3.05) is 13.7 Å². The fraction of sp³-hybridized carbons (Fsp3) is 0.0769. The number of hydrogen-bond donors (Lipinski definition) is 2. The Morgan fingerprint density at radius 2 is 1.86 bits per heavy atom. The Morgan fingerprint density at radius 1 is 1.09 bits per heavy atom. The lowest BCUT2D eigenvalue weighted by molar-refractivity contribution is -0.139. The van der Waals surface area contributed by atoms with Crippen molar-refractivity contribution in [3.05, 3.63) is 98.8 Å². The number of imidazole rings is 1. The number of nitrogens with one attached hydrogen (secondary N) is 1. The van der Waals surface area contributed by atoms with Gasteiger partial charge in [-0.25, -0.2) is 9.78 Å². The van der Waals surface area contributed by atoms with E-state index in [9.17, 15) is 4.79 Å². The van der Waals surface area contributed by atoms with Crippen LogP contribution in [-0.4, -0.2) is 34.8 Å². The number of hydrogen-bond acceptors (Lipinski definition) is 4. The van der Waals surface area contributed by atoms with Crippen LogP contribution in [0.25, 0.3) is 23.4 Å². The summed E-state index contributed by atoms with van der Waals surface area (Å²) in [5.74, 6) is 1.13. The van der Waals surface area contributed by atoms with Crippen LogP contribution in [0, 0.1) is 0 Å². The van der Waals surface area contributed by atoms with E-state index in [1.165, 1.54) is 0 Å². The van der Waals surface area contributed by atoms with Gasteiger partial charge in [-0.05, 0) is 60.7 Å². The summed E-state index contributed by atoms with van der Waals surface area (Å²) >= 11 is 15.6. The van der Waals surface area contributed by atoms with Gasteiger partial charge in [0.25, 0.3) is 0 Å². The van der Waals surface area contributed by atoms with E-state index in [0.29, 0.717) is 15.8 Å². The van der Waals surface area contributed by atoms with E-state index in [4.69, 9.17) is 37.8 Å². The van der Waals surface area contributed by atoms with Gasteiger partial charge < -0.3 is 19.6 Å². The maximum absolute atomic E-state index is 10.0. The molecule has 0 aliphatic rings. The van der Waals surface area contributed by atoms with Gasteiger partial charge in [-0.2, -0.15) is 0 Å². The number of rotatable bonds is 7. The van der Waals surface area contributed by atoms with Crippen molar-refractivity contribution in [3.8, 4) is 22.8 Å². The largest absolute Gasteiger partial charge is 0.496 e. The van der Waals surface area contributed by atoms with Crippen molar-refractivity contribution in [1.29, 1.82) is 0 Å². The first-order valence-electron chi connectivity index (χ1n) is 10.3. The van der Waals surface area contributed by atoms with Gasteiger partial charge in [0.1, 0.15) is 17.3 Å². The molecule has 0 saturated carbocycles. The molecule has 6 nitrogen and oxygen atoms in total. The number of ether oxygens (including phenoxy) is 2. The quantitative estimate of drug-likeness (QED) is 0.239. The molecule has 0 saturated heterocycles. The van der Waals surface area contributed by atoms with E-state index in [0.717, 1.165) is 32.9 Å². The zero-order valence-electron chi connectivity index (χ0n) is 18.5. The van der Waals surface area contributed by atoms with Gasteiger partial charge in [0.05, 0.1) is 24.0 Å². The lowest BCUT2D eigenvalue weighted by Crippen LogP contribution is -2.09. The summed E-state index contributed by atoms with van der Waals surface area (Å²) in [4.78, 5) is 17.6. The third-order valence-corrected chi connectivity index (χ3v) is 5.58. The molecule has 180 valence electrons. The van der Waals surface area contributed by atoms with Crippen LogP contribution >= 0.6 is 39.1 Å². The highest BCUT2D eigenvalue weighted by molar-refractivity contribution is 9.10. The number of H-pyrrole nitrogens is 1. The highest BCUT2D eigenvalue weighted by Crippen LogP contribution is 2.29. The predicted molar refractivity (Wildman–Crippen MR) is 143 cm³/mol. The average molecular weight is 576 g/mol. The van der Waals surface area contributed by atoms with Gasteiger partial charge in [0, 0.05) is 20.6 Å². The number of carboxylic acid groups (broad SMARTS) is 1. The molecule has 4 aromatic rings. The Balaban J connectivity index is 0.000000261. The van der Waals surface area contributed by atoms with Crippen molar-refractivity contribution in [3.63, 3.8) is 0 Å². The zero-order chi connectivity index (χ0) is 25.2. The Hall–Kier alpha value is -3.26. The maximum atomic E-state index is 10.0. The number of benzene rings is 3. The molecule has 0 fully saturated rings. The van der Waals surface area contributed by atoms with Crippen LogP contribution in [0.3, 0.4) is 0 Å². The van der Waals surface area contributed by atoms with Crippen LogP contribution in [0.1, 0.15) is 11.4 Å². The second-order valence-corrected chi connectivity index (χ2v) is 8.78. The van der Waals surface area contributed by atoms with Gasteiger partial charge in [-0.3, -0.25) is 0 Å². The first-order chi connectivity index (χ1) is 16.9. The number of aliphatic carboxylic acids is 1. The van der Waals surface area contributed by atoms with Crippen LogP contribution in [0.4, 0.5) is 0 Å². The molecule has 9 heteroatoms. The minimum absolute atomic E-state index is 0.288. The predicted octanol–water partition coefficient (Wildman–Crippen LogP) is 7.48. The second kappa shape index (κ2) is 13.0. The summed E-state index contributed by atoms with van der Waals surface area (Å²) < 4.78 is 11.2. The van der Waals surface area contributed by atoms with Crippen molar-refractivity contribution < 1.29 is 19.4 Å². The SMILES string of the molecule is COc1ccc(Br)cc1/C=C/c1ncc(-c2ccc(Cl)cc2Cl)[nH]1.O=C(O)COc1ccccc1. The van der Waals surface area contributed by atoms with Crippen molar-refractivity contribution in [2.24, 2.45) is 0 Å². The topological polar surface area (TPSA) is 84.4 Å². The Bertz CT molecular complexity index is 1310. The monoisotopic (exact) mass is 574 g/mol. The van der Waals surface area contributed by atoms with E-state index >= 15 is 0 Å². The number of para-hydroxylation sites is 1. The highest BCUT2D eigenvalue weighted by Gasteiger charge is 2.07. The summed E-state index contributed by atoms with van der Waals surface area (Å²) in [7, 11) is 1.65. The molecule has 0 aliphatic heterocycles. The highest BCUT2D eigenvalue weighted by atomic mass is 79.9. The number of aromatic amines is 1. The smallest absolute Gasteiger partial charge is 0.341 e. The average Bonchev–Trinajstić information content (AvgIpc) is 3.31. The first kappa shape index (κ1) is 26.3. The standard InChI is InChI=1S/C18H13BrCl2N2O.C8H8O3/c1-24-17-6-3-12(19)8-11(17)2-7-18-22-10-16(23-18)14-5-4-13(20)9-15(14)21;9-8(10)6-11-7-4-2-1-3-5-7/h2-10H,1H3,(H,22,23);1-5H,6H2,(H,9,10)/b7-2+;. The normalized spacial score (nSPS) is 10.5. The third kappa shape index (κ3) is 8.17. The molecule has 3 aromatic carbocycles. The molecule has 4 rings (SSSR count). The molecule has 0 radical (unpaired) electrons. The number of aromatic nitrogens is 2. The van der Waals surface area contributed by atoms with Gasteiger partial charge >= 0.3 is 5.97 Å². The van der Waals surface area contributed by atoms with Crippen molar-refractivity contribution in [2.45, 2.75) is 0 Å². The molecule has 1 aromatic heterocycles. The fourth-order valence-electron chi connectivity index (χ4n) is 2.93. The summed E-state index contributed by atoms with van der Waals surface area (Å²) in [5.41, 5.74) is 2.64. The molecule has 0 atom stereocenters. The van der Waals surface area contributed by atoms with E-state index in [2.05, 4.69) is 25.9 Å². The lowest BCUT2D eigenvalue weighted by atomic mass is 10.2. The van der Waals surface area contributed by atoms with Gasteiger partial charge in [0.15, 0.2) is 6.61 Å². The molecule has 0 bridgehead atoms. The number of carboxylic acids is 1. The summed E-state index contributed by atoms with van der Waals surface area (Å²) in [6, 6.07) is 20.0. The van der Waals surface area contributed by atoms with Crippen LogP contribution < -0.4 is 9.47 Å². The van der Waals surface area contributed by atoms with Crippen molar-refractivity contribution >= 4 is 57.3 Å². The summed E-state index contributed by atoms with van der Waals surface area (Å²) in [6.45, 7) is -0.288. The maximum Gasteiger partial charge on any atom is 0.341 e.